The third-order valence-corrected chi connectivity index (χ3v) is 3.77. The Bertz CT molecular complexity index is 530. The molecule has 0 spiro atoms. The second-order valence-corrected chi connectivity index (χ2v) is 5.54. The van der Waals surface area contributed by atoms with Gasteiger partial charge in [-0.25, -0.2) is 21.9 Å². The molecule has 0 amide bonds. The van der Waals surface area contributed by atoms with E-state index in [-0.39, 0.29) is 11.4 Å². The van der Waals surface area contributed by atoms with Crippen molar-refractivity contribution in [3.63, 3.8) is 0 Å². The second kappa shape index (κ2) is 7.63. The third-order valence-electron chi connectivity index (χ3n) is 2.35. The Hall–Kier alpha value is -1.09. The van der Waals surface area contributed by atoms with E-state index in [1.54, 1.807) is 13.8 Å². The largest absolute Gasteiger partial charge is 0.352 e. The first-order chi connectivity index (χ1) is 9.40. The number of halogens is 2. The molecule has 0 atom stereocenters. The van der Waals surface area contributed by atoms with Crippen LogP contribution in [0.3, 0.4) is 0 Å². The maximum Gasteiger partial charge on any atom is 0.240 e. The molecule has 114 valence electrons. The summed E-state index contributed by atoms with van der Waals surface area (Å²) in [7, 11) is -3.95. The smallest absolute Gasteiger partial charge is 0.240 e. The highest BCUT2D eigenvalue weighted by Gasteiger charge is 2.18. The number of nitrogens with one attached hydrogen (secondary N) is 1. The van der Waals surface area contributed by atoms with Crippen LogP contribution in [-0.2, 0) is 19.5 Å². The Labute approximate surface area is 116 Å². The van der Waals surface area contributed by atoms with Gasteiger partial charge in [-0.1, -0.05) is 0 Å². The van der Waals surface area contributed by atoms with Crippen molar-refractivity contribution in [1.29, 1.82) is 0 Å². The predicted molar refractivity (Wildman–Crippen MR) is 68.6 cm³/mol. The van der Waals surface area contributed by atoms with Crippen molar-refractivity contribution in [2.24, 2.45) is 0 Å². The number of benzene rings is 1. The molecule has 1 N–H and O–H groups in total. The fraction of sp³-hybridized carbons (Fsp3) is 0.500. The number of hydrogen-bond acceptors (Lipinski definition) is 4. The van der Waals surface area contributed by atoms with Crippen LogP contribution in [0.15, 0.2) is 23.1 Å². The fourth-order valence-corrected chi connectivity index (χ4v) is 2.47. The average Bonchev–Trinajstić information content (AvgIpc) is 2.39. The summed E-state index contributed by atoms with van der Waals surface area (Å²) in [5, 5.41) is 0. The number of ether oxygens (including phenoxy) is 2. The standard InChI is InChI=1S/C12H17F2NO4S/c1-3-18-12(19-4-2)8-15-20(16,17)9-5-6-10(13)11(14)7-9/h5-7,12,15H,3-4,8H2,1-2H3. The number of hydrogen-bond donors (Lipinski definition) is 1. The van der Waals surface area contributed by atoms with Gasteiger partial charge in [-0.3, -0.25) is 0 Å². The molecule has 0 fully saturated rings. The SMILES string of the molecule is CCOC(CNS(=O)(=O)c1ccc(F)c(F)c1)OCC. The molecule has 1 aromatic carbocycles. The van der Waals surface area contributed by atoms with Gasteiger partial charge in [0.25, 0.3) is 0 Å². The van der Waals surface area contributed by atoms with Crippen molar-refractivity contribution in [3.8, 4) is 0 Å². The van der Waals surface area contributed by atoms with Crippen molar-refractivity contribution < 1.29 is 26.7 Å². The fourth-order valence-electron chi connectivity index (χ4n) is 1.44. The van der Waals surface area contributed by atoms with E-state index < -0.39 is 27.9 Å². The van der Waals surface area contributed by atoms with E-state index in [4.69, 9.17) is 9.47 Å². The van der Waals surface area contributed by atoms with Crippen LogP contribution in [0.5, 0.6) is 0 Å². The molecule has 1 rings (SSSR count). The molecular weight excluding hydrogens is 292 g/mol. The van der Waals surface area contributed by atoms with E-state index in [0.29, 0.717) is 19.3 Å². The Kier molecular flexibility index (Phi) is 6.47. The molecule has 0 saturated carbocycles. The van der Waals surface area contributed by atoms with E-state index in [2.05, 4.69) is 4.72 Å². The zero-order valence-electron chi connectivity index (χ0n) is 11.2. The van der Waals surface area contributed by atoms with Crippen LogP contribution < -0.4 is 4.72 Å². The van der Waals surface area contributed by atoms with Gasteiger partial charge in [0.15, 0.2) is 17.9 Å². The van der Waals surface area contributed by atoms with Gasteiger partial charge in [0.1, 0.15) is 0 Å². The Morgan fingerprint density at radius 3 is 2.25 bits per heavy atom. The van der Waals surface area contributed by atoms with Crippen molar-refractivity contribution >= 4 is 10.0 Å². The van der Waals surface area contributed by atoms with Gasteiger partial charge >= 0.3 is 0 Å². The summed E-state index contributed by atoms with van der Waals surface area (Å²) in [5.74, 6) is -2.33. The maximum atomic E-state index is 13.0. The minimum Gasteiger partial charge on any atom is -0.352 e. The average molecular weight is 309 g/mol. The molecule has 5 nitrogen and oxygen atoms in total. The quantitative estimate of drug-likeness (QED) is 0.742. The van der Waals surface area contributed by atoms with E-state index in [9.17, 15) is 17.2 Å². The summed E-state index contributed by atoms with van der Waals surface area (Å²) in [6, 6.07) is 2.36. The first kappa shape index (κ1) is 17.0. The van der Waals surface area contributed by atoms with Crippen LogP contribution in [-0.4, -0.2) is 34.5 Å². The monoisotopic (exact) mass is 309 g/mol. The molecule has 0 aliphatic rings. The molecular formula is C12H17F2NO4S. The lowest BCUT2D eigenvalue weighted by molar-refractivity contribution is -0.130. The molecule has 0 unspecified atom stereocenters. The highest BCUT2D eigenvalue weighted by atomic mass is 32.2. The molecule has 0 heterocycles. The van der Waals surface area contributed by atoms with Crippen LogP contribution in [0, 0.1) is 11.6 Å². The summed E-state index contributed by atoms with van der Waals surface area (Å²) in [5.41, 5.74) is 0. The molecule has 0 aromatic heterocycles. The van der Waals surface area contributed by atoms with Gasteiger partial charge in [-0.2, -0.15) is 0 Å². The topological polar surface area (TPSA) is 64.6 Å². The van der Waals surface area contributed by atoms with E-state index in [1.807, 2.05) is 0 Å². The lowest BCUT2D eigenvalue weighted by Gasteiger charge is -2.17. The molecule has 1 aromatic rings. The van der Waals surface area contributed by atoms with Crippen LogP contribution in [0.25, 0.3) is 0 Å². The van der Waals surface area contributed by atoms with E-state index in [0.717, 1.165) is 12.1 Å². The lowest BCUT2D eigenvalue weighted by atomic mass is 10.3. The Morgan fingerprint density at radius 2 is 1.75 bits per heavy atom. The number of rotatable bonds is 8. The van der Waals surface area contributed by atoms with Gasteiger partial charge in [-0.05, 0) is 32.0 Å². The maximum absolute atomic E-state index is 13.0. The zero-order chi connectivity index (χ0) is 15.2. The third kappa shape index (κ3) is 4.78. The summed E-state index contributed by atoms with van der Waals surface area (Å²) in [4.78, 5) is -0.358. The Morgan fingerprint density at radius 1 is 1.15 bits per heavy atom. The predicted octanol–water partition coefficient (Wildman–Crippen LogP) is 1.64. The Balaban J connectivity index is 2.75. The number of sulfonamides is 1. The molecule has 0 aliphatic carbocycles. The minimum absolute atomic E-state index is 0.122. The second-order valence-electron chi connectivity index (χ2n) is 3.77. The van der Waals surface area contributed by atoms with Gasteiger partial charge < -0.3 is 9.47 Å². The van der Waals surface area contributed by atoms with Crippen LogP contribution in [0.1, 0.15) is 13.8 Å². The summed E-state index contributed by atoms with van der Waals surface area (Å²) in [6.07, 6.45) is -0.731. The minimum atomic E-state index is -3.95. The first-order valence-corrected chi connectivity index (χ1v) is 7.57. The van der Waals surface area contributed by atoms with E-state index in [1.165, 1.54) is 0 Å². The van der Waals surface area contributed by atoms with Crippen molar-refractivity contribution in [3.05, 3.63) is 29.8 Å². The van der Waals surface area contributed by atoms with E-state index >= 15 is 0 Å². The highest BCUT2D eigenvalue weighted by Crippen LogP contribution is 2.13. The molecule has 0 aliphatic heterocycles. The highest BCUT2D eigenvalue weighted by molar-refractivity contribution is 7.89. The molecule has 20 heavy (non-hydrogen) atoms. The van der Waals surface area contributed by atoms with Gasteiger partial charge in [-0.15, -0.1) is 0 Å². The van der Waals surface area contributed by atoms with Crippen LogP contribution in [0.2, 0.25) is 0 Å². The lowest BCUT2D eigenvalue weighted by Crippen LogP contribution is -2.35. The summed E-state index contributed by atoms with van der Waals surface area (Å²) in [6.45, 7) is 4.09. The van der Waals surface area contributed by atoms with Crippen molar-refractivity contribution in [2.45, 2.75) is 25.0 Å². The van der Waals surface area contributed by atoms with Crippen LogP contribution >= 0.6 is 0 Å². The molecule has 0 saturated heterocycles. The molecule has 0 bridgehead atoms. The molecule has 0 radical (unpaired) electrons. The van der Waals surface area contributed by atoms with Gasteiger partial charge in [0.2, 0.25) is 10.0 Å². The first-order valence-electron chi connectivity index (χ1n) is 6.08. The van der Waals surface area contributed by atoms with Crippen molar-refractivity contribution in [2.75, 3.05) is 19.8 Å². The van der Waals surface area contributed by atoms with Crippen molar-refractivity contribution in [1.82, 2.24) is 4.72 Å². The zero-order valence-corrected chi connectivity index (χ0v) is 12.0. The van der Waals surface area contributed by atoms with Crippen LogP contribution in [0.4, 0.5) is 8.78 Å². The molecule has 8 heteroatoms. The van der Waals surface area contributed by atoms with Gasteiger partial charge in [0, 0.05) is 13.2 Å². The van der Waals surface area contributed by atoms with Gasteiger partial charge in [0.05, 0.1) is 11.4 Å². The normalized spacial score (nSPS) is 12.1. The summed E-state index contributed by atoms with van der Waals surface area (Å²) >= 11 is 0. The summed E-state index contributed by atoms with van der Waals surface area (Å²) < 4.78 is 62.2.